The van der Waals surface area contributed by atoms with Crippen molar-refractivity contribution in [2.45, 2.75) is 32.3 Å². The predicted octanol–water partition coefficient (Wildman–Crippen LogP) is 1.51. The van der Waals surface area contributed by atoms with Crippen LogP contribution in [0.4, 0.5) is 0 Å². The first-order valence-corrected chi connectivity index (χ1v) is 3.60. The van der Waals surface area contributed by atoms with Gasteiger partial charge >= 0.3 is 0 Å². The highest BCUT2D eigenvalue weighted by Crippen LogP contribution is 2.43. The van der Waals surface area contributed by atoms with E-state index in [1.165, 1.54) is 19.3 Å². The standard InChI is InChI=1S/C7H12O2/c1-7-4-2-3-6(7)9-8-5-7/h6H,2-5H2,1H3. The Hall–Kier alpha value is -0.0800. The van der Waals surface area contributed by atoms with Crippen LogP contribution in [0.1, 0.15) is 26.2 Å². The molecule has 2 rings (SSSR count). The Balaban J connectivity index is 2.17. The highest BCUT2D eigenvalue weighted by atomic mass is 17.2. The van der Waals surface area contributed by atoms with Crippen LogP contribution in [0.3, 0.4) is 0 Å². The van der Waals surface area contributed by atoms with Gasteiger partial charge in [-0.1, -0.05) is 6.92 Å². The lowest BCUT2D eigenvalue weighted by Crippen LogP contribution is -2.23. The van der Waals surface area contributed by atoms with Gasteiger partial charge in [0.15, 0.2) is 0 Å². The fraction of sp³-hybridized carbons (Fsp3) is 1.00. The SMILES string of the molecule is CC12CCCC1OOC2. The summed E-state index contributed by atoms with van der Waals surface area (Å²) in [5.41, 5.74) is 0.361. The highest BCUT2D eigenvalue weighted by molar-refractivity contribution is 4.90. The van der Waals surface area contributed by atoms with Crippen LogP contribution in [0.25, 0.3) is 0 Å². The molecule has 2 nitrogen and oxygen atoms in total. The summed E-state index contributed by atoms with van der Waals surface area (Å²) in [6.07, 6.45) is 4.18. The fourth-order valence-electron chi connectivity index (χ4n) is 1.78. The molecule has 0 aromatic heterocycles. The molecule has 0 aromatic rings. The molecule has 2 fully saturated rings. The quantitative estimate of drug-likeness (QED) is 0.460. The molecular formula is C7H12O2. The van der Waals surface area contributed by atoms with Crippen LogP contribution in [-0.4, -0.2) is 12.7 Å². The van der Waals surface area contributed by atoms with Crippen LogP contribution in [-0.2, 0) is 9.78 Å². The fourth-order valence-corrected chi connectivity index (χ4v) is 1.78. The van der Waals surface area contributed by atoms with Crippen molar-refractivity contribution in [3.63, 3.8) is 0 Å². The summed E-state index contributed by atoms with van der Waals surface area (Å²) in [5.74, 6) is 0. The van der Waals surface area contributed by atoms with Crippen LogP contribution < -0.4 is 0 Å². The molecule has 0 bridgehead atoms. The van der Waals surface area contributed by atoms with Gasteiger partial charge < -0.3 is 0 Å². The van der Waals surface area contributed by atoms with Crippen molar-refractivity contribution >= 4 is 0 Å². The predicted molar refractivity (Wildman–Crippen MR) is 32.8 cm³/mol. The third-order valence-electron chi connectivity index (χ3n) is 2.56. The Morgan fingerprint density at radius 2 is 2.44 bits per heavy atom. The van der Waals surface area contributed by atoms with Gasteiger partial charge in [-0.3, -0.25) is 0 Å². The molecule has 1 heterocycles. The van der Waals surface area contributed by atoms with E-state index in [0.29, 0.717) is 11.5 Å². The summed E-state index contributed by atoms with van der Waals surface area (Å²) in [5, 5.41) is 0. The molecule has 2 unspecified atom stereocenters. The van der Waals surface area contributed by atoms with Crippen LogP contribution >= 0.6 is 0 Å². The van der Waals surface area contributed by atoms with E-state index in [-0.39, 0.29) is 0 Å². The zero-order valence-corrected chi connectivity index (χ0v) is 5.72. The normalized spacial score (nSPS) is 49.7. The van der Waals surface area contributed by atoms with Gasteiger partial charge in [-0.2, -0.15) is 0 Å². The third kappa shape index (κ3) is 0.700. The number of fused-ring (bicyclic) bond motifs is 1. The van der Waals surface area contributed by atoms with Gasteiger partial charge in [0.25, 0.3) is 0 Å². The monoisotopic (exact) mass is 128 g/mol. The molecule has 0 radical (unpaired) electrons. The van der Waals surface area contributed by atoms with Crippen LogP contribution in [0.2, 0.25) is 0 Å². The topological polar surface area (TPSA) is 18.5 Å². The van der Waals surface area contributed by atoms with E-state index in [1.54, 1.807) is 0 Å². The lowest BCUT2D eigenvalue weighted by atomic mass is 9.88. The first kappa shape index (κ1) is 5.69. The molecule has 0 spiro atoms. The van der Waals surface area contributed by atoms with Crippen molar-refractivity contribution in [3.05, 3.63) is 0 Å². The Morgan fingerprint density at radius 3 is 3.22 bits per heavy atom. The van der Waals surface area contributed by atoms with Gasteiger partial charge in [0.05, 0.1) is 6.61 Å². The first-order valence-electron chi connectivity index (χ1n) is 3.60. The second kappa shape index (κ2) is 1.70. The van der Waals surface area contributed by atoms with Gasteiger partial charge in [-0.15, -0.1) is 0 Å². The lowest BCUT2D eigenvalue weighted by Gasteiger charge is -2.16. The van der Waals surface area contributed by atoms with E-state index >= 15 is 0 Å². The molecule has 52 valence electrons. The van der Waals surface area contributed by atoms with Crippen molar-refractivity contribution in [1.29, 1.82) is 0 Å². The van der Waals surface area contributed by atoms with Gasteiger partial charge in [-0.25, -0.2) is 9.78 Å². The highest BCUT2D eigenvalue weighted by Gasteiger charge is 2.45. The number of hydrogen-bond acceptors (Lipinski definition) is 2. The Kier molecular flexibility index (Phi) is 1.08. The Labute approximate surface area is 55.1 Å². The van der Waals surface area contributed by atoms with E-state index in [2.05, 4.69) is 6.92 Å². The van der Waals surface area contributed by atoms with Crippen molar-refractivity contribution in [2.24, 2.45) is 5.41 Å². The van der Waals surface area contributed by atoms with Gasteiger partial charge in [0.1, 0.15) is 6.10 Å². The molecule has 1 saturated carbocycles. The third-order valence-corrected chi connectivity index (χ3v) is 2.56. The van der Waals surface area contributed by atoms with Crippen LogP contribution in [0.15, 0.2) is 0 Å². The summed E-state index contributed by atoms with van der Waals surface area (Å²) in [4.78, 5) is 9.99. The van der Waals surface area contributed by atoms with E-state index in [0.717, 1.165) is 6.61 Å². The molecule has 2 atom stereocenters. The largest absolute Gasteiger partial charge is 0.236 e. The maximum Gasteiger partial charge on any atom is 0.101 e. The summed E-state index contributed by atoms with van der Waals surface area (Å²) < 4.78 is 0. The number of rotatable bonds is 0. The minimum absolute atomic E-state index is 0.361. The van der Waals surface area contributed by atoms with E-state index < -0.39 is 0 Å². The summed E-state index contributed by atoms with van der Waals surface area (Å²) >= 11 is 0. The average molecular weight is 128 g/mol. The number of hydrogen-bond donors (Lipinski definition) is 0. The van der Waals surface area contributed by atoms with Crippen molar-refractivity contribution in [2.75, 3.05) is 6.61 Å². The molecule has 1 aliphatic heterocycles. The molecule has 0 amide bonds. The van der Waals surface area contributed by atoms with Gasteiger partial charge in [-0.05, 0) is 19.3 Å². The molecule has 1 aliphatic carbocycles. The molecule has 2 aliphatic rings. The second-order valence-corrected chi connectivity index (χ2v) is 3.39. The molecular weight excluding hydrogens is 116 g/mol. The Bertz CT molecular complexity index is 112. The second-order valence-electron chi connectivity index (χ2n) is 3.39. The first-order chi connectivity index (χ1) is 4.31. The van der Waals surface area contributed by atoms with E-state index in [1.807, 2.05) is 0 Å². The summed E-state index contributed by atoms with van der Waals surface area (Å²) in [6, 6.07) is 0. The van der Waals surface area contributed by atoms with Gasteiger partial charge in [0.2, 0.25) is 0 Å². The molecule has 9 heavy (non-hydrogen) atoms. The van der Waals surface area contributed by atoms with E-state index in [9.17, 15) is 0 Å². The van der Waals surface area contributed by atoms with Crippen LogP contribution in [0, 0.1) is 5.41 Å². The summed E-state index contributed by atoms with van der Waals surface area (Å²) in [6.45, 7) is 3.05. The molecule has 0 aromatic carbocycles. The van der Waals surface area contributed by atoms with Crippen molar-refractivity contribution < 1.29 is 9.78 Å². The molecule has 2 heteroatoms. The maximum atomic E-state index is 5.08. The molecule has 1 saturated heterocycles. The van der Waals surface area contributed by atoms with Crippen LogP contribution in [0.5, 0.6) is 0 Å². The molecule has 0 N–H and O–H groups in total. The van der Waals surface area contributed by atoms with E-state index in [4.69, 9.17) is 9.78 Å². The minimum Gasteiger partial charge on any atom is -0.236 e. The maximum absolute atomic E-state index is 5.08. The van der Waals surface area contributed by atoms with Gasteiger partial charge in [0, 0.05) is 5.41 Å². The summed E-state index contributed by atoms with van der Waals surface area (Å²) in [7, 11) is 0. The van der Waals surface area contributed by atoms with Crippen molar-refractivity contribution in [3.8, 4) is 0 Å². The smallest absolute Gasteiger partial charge is 0.101 e. The minimum atomic E-state index is 0.361. The zero-order chi connectivity index (χ0) is 6.32. The Morgan fingerprint density at radius 1 is 1.56 bits per heavy atom. The zero-order valence-electron chi connectivity index (χ0n) is 5.72. The van der Waals surface area contributed by atoms with Crippen molar-refractivity contribution in [1.82, 2.24) is 0 Å². The average Bonchev–Trinajstić information content (AvgIpc) is 2.22. The lowest BCUT2D eigenvalue weighted by molar-refractivity contribution is -0.274.